The van der Waals surface area contributed by atoms with E-state index in [2.05, 4.69) is 0 Å². The number of aliphatic hydroxyl groups excluding tert-OH is 2. The highest BCUT2D eigenvalue weighted by Crippen LogP contribution is 2.26. The highest BCUT2D eigenvalue weighted by molar-refractivity contribution is 5.35. The van der Waals surface area contributed by atoms with Gasteiger partial charge in [-0.3, -0.25) is 0 Å². The zero-order valence-corrected chi connectivity index (χ0v) is 9.48. The molecule has 0 bridgehead atoms. The molecule has 0 aliphatic heterocycles. The first-order valence-corrected chi connectivity index (χ1v) is 5.25. The molecule has 2 atom stereocenters. The average Bonchev–Trinajstić information content (AvgIpc) is 2.25. The molecule has 0 saturated carbocycles. The third-order valence-corrected chi connectivity index (χ3v) is 2.26. The van der Waals surface area contributed by atoms with E-state index in [0.717, 1.165) is 0 Å². The minimum atomic E-state index is -0.708. The molecule has 90 valence electrons. The highest BCUT2D eigenvalue weighted by Gasteiger charge is 2.11. The first-order chi connectivity index (χ1) is 7.54. The number of hydrogen-bond donors (Lipinski definition) is 2. The second kappa shape index (κ2) is 5.82. The summed E-state index contributed by atoms with van der Waals surface area (Å²) in [6.07, 6.45) is -0.708. The maximum Gasteiger partial charge on any atom is 0.128 e. The van der Waals surface area contributed by atoms with Crippen LogP contribution in [0.15, 0.2) is 18.2 Å². The van der Waals surface area contributed by atoms with Crippen LogP contribution >= 0.6 is 0 Å². The Balaban J connectivity index is 2.80. The Hall–Kier alpha value is -1.13. The Kier molecular flexibility index (Phi) is 4.71. The molecular formula is C12H17FO3. The van der Waals surface area contributed by atoms with Gasteiger partial charge in [0.25, 0.3) is 0 Å². The van der Waals surface area contributed by atoms with Crippen LogP contribution in [0.3, 0.4) is 0 Å². The van der Waals surface area contributed by atoms with Gasteiger partial charge in [-0.2, -0.15) is 0 Å². The van der Waals surface area contributed by atoms with E-state index in [9.17, 15) is 9.50 Å². The summed E-state index contributed by atoms with van der Waals surface area (Å²) in [6.45, 7) is 3.72. The molecule has 1 rings (SSSR count). The minimum absolute atomic E-state index is 0.0132. The van der Waals surface area contributed by atoms with Crippen molar-refractivity contribution < 1.29 is 19.3 Å². The molecule has 16 heavy (non-hydrogen) atoms. The molecule has 1 aromatic rings. The van der Waals surface area contributed by atoms with Crippen molar-refractivity contribution in [3.8, 4) is 5.75 Å². The molecule has 2 N–H and O–H groups in total. The van der Waals surface area contributed by atoms with Gasteiger partial charge in [0, 0.05) is 24.2 Å². The first kappa shape index (κ1) is 12.9. The van der Waals surface area contributed by atoms with Gasteiger partial charge >= 0.3 is 0 Å². The van der Waals surface area contributed by atoms with E-state index in [1.54, 1.807) is 6.92 Å². The quantitative estimate of drug-likeness (QED) is 0.809. The molecule has 0 aromatic heterocycles. The molecule has 1 aromatic carbocycles. The Morgan fingerprint density at radius 1 is 1.38 bits per heavy atom. The van der Waals surface area contributed by atoms with Gasteiger partial charge < -0.3 is 14.9 Å². The second-order valence-corrected chi connectivity index (χ2v) is 3.96. The summed E-state index contributed by atoms with van der Waals surface area (Å²) in [5, 5.41) is 18.3. The molecule has 0 spiro atoms. The Morgan fingerprint density at radius 3 is 2.62 bits per heavy atom. The third kappa shape index (κ3) is 3.47. The van der Waals surface area contributed by atoms with Gasteiger partial charge in [0.1, 0.15) is 11.6 Å². The minimum Gasteiger partial charge on any atom is -0.493 e. The maximum absolute atomic E-state index is 13.0. The van der Waals surface area contributed by atoms with E-state index in [1.807, 2.05) is 6.92 Å². The molecule has 4 heteroatoms. The van der Waals surface area contributed by atoms with Crippen molar-refractivity contribution in [3.63, 3.8) is 0 Å². The van der Waals surface area contributed by atoms with Gasteiger partial charge in [-0.15, -0.1) is 0 Å². The number of halogens is 1. The monoisotopic (exact) mass is 228 g/mol. The molecule has 0 aliphatic rings. The zero-order chi connectivity index (χ0) is 12.1. The van der Waals surface area contributed by atoms with Crippen LogP contribution in [-0.4, -0.2) is 23.4 Å². The van der Waals surface area contributed by atoms with Crippen LogP contribution in [0, 0.1) is 11.7 Å². The fraction of sp³-hybridized carbons (Fsp3) is 0.500. The largest absolute Gasteiger partial charge is 0.493 e. The van der Waals surface area contributed by atoms with Crippen LogP contribution in [0.4, 0.5) is 4.39 Å². The summed E-state index contributed by atoms with van der Waals surface area (Å²) in [5.41, 5.74) is 0.548. The number of benzene rings is 1. The predicted molar refractivity (Wildman–Crippen MR) is 58.8 cm³/mol. The Bertz CT molecular complexity index is 339. The molecule has 0 fully saturated rings. The van der Waals surface area contributed by atoms with Crippen molar-refractivity contribution in [3.05, 3.63) is 29.6 Å². The van der Waals surface area contributed by atoms with Crippen LogP contribution in [-0.2, 0) is 0 Å². The average molecular weight is 228 g/mol. The standard InChI is InChI=1S/C12H17FO3/c1-8(6-14)7-16-12-5-10(13)3-4-11(12)9(2)15/h3-5,8-9,14-15H,6-7H2,1-2H3/t8?,9-/m1/s1. The first-order valence-electron chi connectivity index (χ1n) is 5.25. The highest BCUT2D eigenvalue weighted by atomic mass is 19.1. The molecule has 0 heterocycles. The number of aliphatic hydroxyl groups is 2. The summed E-state index contributed by atoms with van der Waals surface area (Å²) in [4.78, 5) is 0. The lowest BCUT2D eigenvalue weighted by Gasteiger charge is -2.15. The maximum atomic E-state index is 13.0. The fourth-order valence-electron chi connectivity index (χ4n) is 1.26. The molecule has 1 unspecified atom stereocenters. The van der Waals surface area contributed by atoms with Crippen molar-refractivity contribution in [1.82, 2.24) is 0 Å². The molecule has 3 nitrogen and oxygen atoms in total. The third-order valence-electron chi connectivity index (χ3n) is 2.26. The van der Waals surface area contributed by atoms with Crippen molar-refractivity contribution in [2.75, 3.05) is 13.2 Å². The van der Waals surface area contributed by atoms with Crippen LogP contribution in [0.25, 0.3) is 0 Å². The van der Waals surface area contributed by atoms with Crippen LogP contribution in [0.2, 0.25) is 0 Å². The lowest BCUT2D eigenvalue weighted by Crippen LogP contribution is -2.13. The van der Waals surface area contributed by atoms with E-state index >= 15 is 0 Å². The van der Waals surface area contributed by atoms with Crippen LogP contribution < -0.4 is 4.74 Å². The zero-order valence-electron chi connectivity index (χ0n) is 9.48. The number of rotatable bonds is 5. The molecule has 0 saturated heterocycles. The van der Waals surface area contributed by atoms with Crippen LogP contribution in [0.1, 0.15) is 25.5 Å². The summed E-state index contributed by atoms with van der Waals surface area (Å²) >= 11 is 0. The van der Waals surface area contributed by atoms with Gasteiger partial charge in [-0.05, 0) is 19.1 Å². The summed E-state index contributed by atoms with van der Waals surface area (Å²) in [5.74, 6) is -0.100. The van der Waals surface area contributed by atoms with Crippen molar-refractivity contribution in [1.29, 1.82) is 0 Å². The van der Waals surface area contributed by atoms with E-state index in [-0.39, 0.29) is 12.5 Å². The smallest absolute Gasteiger partial charge is 0.128 e. The van der Waals surface area contributed by atoms with Gasteiger partial charge in [-0.25, -0.2) is 4.39 Å². The molecule has 0 radical (unpaired) electrons. The van der Waals surface area contributed by atoms with E-state index in [1.165, 1.54) is 18.2 Å². The van der Waals surface area contributed by atoms with Crippen molar-refractivity contribution >= 4 is 0 Å². The van der Waals surface area contributed by atoms with Gasteiger partial charge in [0.05, 0.1) is 12.7 Å². The normalized spacial score (nSPS) is 14.6. The van der Waals surface area contributed by atoms with Crippen LogP contribution in [0.5, 0.6) is 5.75 Å². The number of ether oxygens (including phenoxy) is 1. The second-order valence-electron chi connectivity index (χ2n) is 3.96. The molecule has 0 aliphatic carbocycles. The van der Waals surface area contributed by atoms with Crippen molar-refractivity contribution in [2.45, 2.75) is 20.0 Å². The van der Waals surface area contributed by atoms with E-state index < -0.39 is 11.9 Å². The Labute approximate surface area is 94.5 Å². The summed E-state index contributed by atoms with van der Waals surface area (Å²) in [6, 6.07) is 4.02. The summed E-state index contributed by atoms with van der Waals surface area (Å²) in [7, 11) is 0. The van der Waals surface area contributed by atoms with E-state index in [0.29, 0.717) is 17.9 Å². The van der Waals surface area contributed by atoms with Gasteiger partial charge in [0.2, 0.25) is 0 Å². The molecule has 0 amide bonds. The fourth-order valence-corrected chi connectivity index (χ4v) is 1.26. The van der Waals surface area contributed by atoms with E-state index in [4.69, 9.17) is 9.84 Å². The van der Waals surface area contributed by atoms with Crippen molar-refractivity contribution in [2.24, 2.45) is 5.92 Å². The topological polar surface area (TPSA) is 49.7 Å². The van der Waals surface area contributed by atoms with Gasteiger partial charge in [-0.1, -0.05) is 6.92 Å². The SMILES string of the molecule is CC(CO)COc1cc(F)ccc1[C@@H](C)O. The predicted octanol–water partition coefficient (Wildman–Crippen LogP) is 1.89. The lowest BCUT2D eigenvalue weighted by molar-refractivity contribution is 0.163. The molecular weight excluding hydrogens is 211 g/mol. The Morgan fingerprint density at radius 2 is 2.06 bits per heavy atom. The van der Waals surface area contributed by atoms with Gasteiger partial charge in [0.15, 0.2) is 0 Å². The summed E-state index contributed by atoms with van der Waals surface area (Å²) < 4.78 is 18.4. The lowest BCUT2D eigenvalue weighted by atomic mass is 10.1. The number of hydrogen-bond acceptors (Lipinski definition) is 3.